The summed E-state index contributed by atoms with van der Waals surface area (Å²) in [6.45, 7) is 2.92. The number of thiophene rings is 1. The Hall–Kier alpha value is -0.910. The van der Waals surface area contributed by atoms with Crippen LogP contribution in [-0.4, -0.2) is 49.8 Å². The van der Waals surface area contributed by atoms with E-state index < -0.39 is 0 Å². The number of methoxy groups -OCH3 is 1. The van der Waals surface area contributed by atoms with Crippen LogP contribution in [0.25, 0.3) is 0 Å². The summed E-state index contributed by atoms with van der Waals surface area (Å²) in [4.78, 5) is 14.8. The fourth-order valence-electron chi connectivity index (χ4n) is 2.87. The van der Waals surface area contributed by atoms with Crippen molar-refractivity contribution >= 4 is 17.2 Å². The highest BCUT2D eigenvalue weighted by atomic mass is 32.1. The lowest BCUT2D eigenvalue weighted by Crippen LogP contribution is -2.66. The van der Waals surface area contributed by atoms with Crippen LogP contribution in [0, 0.1) is 5.92 Å². The van der Waals surface area contributed by atoms with Gasteiger partial charge < -0.3 is 14.4 Å². The van der Waals surface area contributed by atoms with Crippen LogP contribution in [0.1, 0.15) is 16.1 Å². The van der Waals surface area contributed by atoms with Gasteiger partial charge in [0.05, 0.1) is 24.6 Å². The van der Waals surface area contributed by atoms with Crippen LogP contribution >= 0.6 is 11.3 Å². The number of hydrogen-bond acceptors (Lipinski definition) is 4. The molecular formula is C13H17NO3S. The Morgan fingerprint density at radius 1 is 1.67 bits per heavy atom. The molecule has 0 saturated carbocycles. The van der Waals surface area contributed by atoms with Gasteiger partial charge in [-0.3, -0.25) is 4.79 Å². The van der Waals surface area contributed by atoms with Gasteiger partial charge in [0, 0.05) is 19.6 Å². The molecular weight excluding hydrogens is 250 g/mol. The standard InChI is InChI=1S/C13H17NO3S/c1-16-7-10-4-5-17-13(10)8-14(9-13)12(15)11-3-2-6-18-11/h2-3,6,10H,4-5,7-9H2,1H3/t10-/m1/s1. The van der Waals surface area contributed by atoms with Gasteiger partial charge in [-0.2, -0.15) is 0 Å². The van der Waals surface area contributed by atoms with Crippen molar-refractivity contribution in [1.29, 1.82) is 0 Å². The third-order valence-corrected chi connectivity index (χ3v) is 4.76. The number of rotatable bonds is 3. The molecule has 2 saturated heterocycles. The maximum atomic E-state index is 12.1. The minimum Gasteiger partial charge on any atom is -0.384 e. The molecule has 3 heterocycles. The molecule has 0 radical (unpaired) electrons. The summed E-state index contributed by atoms with van der Waals surface area (Å²) >= 11 is 1.49. The Morgan fingerprint density at radius 3 is 3.17 bits per heavy atom. The fourth-order valence-corrected chi connectivity index (χ4v) is 3.56. The van der Waals surface area contributed by atoms with Gasteiger partial charge >= 0.3 is 0 Å². The number of carbonyl (C=O) groups excluding carboxylic acids is 1. The van der Waals surface area contributed by atoms with Gasteiger partial charge in [-0.1, -0.05) is 6.07 Å². The van der Waals surface area contributed by atoms with E-state index in [0.29, 0.717) is 19.0 Å². The van der Waals surface area contributed by atoms with Crippen molar-refractivity contribution in [2.45, 2.75) is 12.0 Å². The molecule has 1 aromatic rings. The Balaban J connectivity index is 1.64. The molecule has 0 unspecified atom stereocenters. The van der Waals surface area contributed by atoms with E-state index in [0.717, 1.165) is 24.5 Å². The summed E-state index contributed by atoms with van der Waals surface area (Å²) in [6.07, 6.45) is 1.04. The first-order chi connectivity index (χ1) is 8.75. The average Bonchev–Trinajstić information content (AvgIpc) is 2.95. The highest BCUT2D eigenvalue weighted by Crippen LogP contribution is 2.40. The van der Waals surface area contributed by atoms with E-state index in [-0.39, 0.29) is 11.5 Å². The molecule has 3 rings (SSSR count). The molecule has 2 aliphatic rings. The molecule has 0 bridgehead atoms. The van der Waals surface area contributed by atoms with E-state index in [2.05, 4.69) is 0 Å². The normalized spacial score (nSPS) is 25.4. The second-order valence-electron chi connectivity index (χ2n) is 4.99. The largest absolute Gasteiger partial charge is 0.384 e. The Bertz CT molecular complexity index is 425. The Kier molecular flexibility index (Phi) is 3.13. The average molecular weight is 267 g/mol. The zero-order valence-corrected chi connectivity index (χ0v) is 11.2. The first-order valence-corrected chi connectivity index (χ1v) is 7.09. The van der Waals surface area contributed by atoms with E-state index in [1.165, 1.54) is 11.3 Å². The second kappa shape index (κ2) is 4.64. The van der Waals surface area contributed by atoms with Gasteiger partial charge in [0.25, 0.3) is 5.91 Å². The number of likely N-dealkylation sites (tertiary alicyclic amines) is 1. The number of ether oxygens (including phenoxy) is 2. The molecule has 2 aliphatic heterocycles. The molecule has 0 N–H and O–H groups in total. The van der Waals surface area contributed by atoms with E-state index in [9.17, 15) is 4.79 Å². The lowest BCUT2D eigenvalue weighted by molar-refractivity contribution is -0.125. The minimum absolute atomic E-state index is 0.127. The summed E-state index contributed by atoms with van der Waals surface area (Å²) in [5.74, 6) is 0.553. The number of hydrogen-bond donors (Lipinski definition) is 0. The van der Waals surface area contributed by atoms with Gasteiger partial charge in [0.1, 0.15) is 5.60 Å². The number of amides is 1. The molecule has 18 heavy (non-hydrogen) atoms. The Morgan fingerprint density at radius 2 is 2.50 bits per heavy atom. The minimum atomic E-state index is -0.136. The summed E-state index contributed by atoms with van der Waals surface area (Å²) in [5.41, 5.74) is -0.136. The summed E-state index contributed by atoms with van der Waals surface area (Å²) in [6, 6.07) is 3.79. The van der Waals surface area contributed by atoms with Gasteiger partial charge in [-0.25, -0.2) is 0 Å². The van der Waals surface area contributed by atoms with Gasteiger partial charge in [0.15, 0.2) is 0 Å². The van der Waals surface area contributed by atoms with Crippen LogP contribution in [-0.2, 0) is 9.47 Å². The van der Waals surface area contributed by atoms with Crippen molar-refractivity contribution in [3.63, 3.8) is 0 Å². The van der Waals surface area contributed by atoms with Crippen LogP contribution < -0.4 is 0 Å². The van der Waals surface area contributed by atoms with E-state index in [4.69, 9.17) is 9.47 Å². The number of nitrogens with zero attached hydrogens (tertiary/aromatic N) is 1. The summed E-state index contributed by atoms with van der Waals surface area (Å²) in [7, 11) is 1.72. The topological polar surface area (TPSA) is 38.8 Å². The molecule has 5 heteroatoms. The quantitative estimate of drug-likeness (QED) is 0.835. The van der Waals surface area contributed by atoms with Crippen LogP contribution in [0.4, 0.5) is 0 Å². The van der Waals surface area contributed by atoms with Crippen molar-refractivity contribution < 1.29 is 14.3 Å². The predicted octanol–water partition coefficient (Wildman–Crippen LogP) is 1.63. The highest BCUT2D eigenvalue weighted by Gasteiger charge is 2.54. The molecule has 4 nitrogen and oxygen atoms in total. The van der Waals surface area contributed by atoms with Gasteiger partial charge in [0.2, 0.25) is 0 Å². The molecule has 2 fully saturated rings. The third-order valence-electron chi connectivity index (χ3n) is 3.90. The second-order valence-corrected chi connectivity index (χ2v) is 5.94. The fraction of sp³-hybridized carbons (Fsp3) is 0.615. The van der Waals surface area contributed by atoms with Crippen LogP contribution in [0.5, 0.6) is 0 Å². The zero-order valence-electron chi connectivity index (χ0n) is 10.4. The number of carbonyl (C=O) groups is 1. The molecule has 1 spiro atoms. The van der Waals surface area contributed by atoms with Crippen LogP contribution in [0.2, 0.25) is 0 Å². The van der Waals surface area contributed by atoms with Crippen molar-refractivity contribution in [1.82, 2.24) is 4.90 Å². The van der Waals surface area contributed by atoms with Crippen LogP contribution in [0.3, 0.4) is 0 Å². The van der Waals surface area contributed by atoms with Gasteiger partial charge in [-0.15, -0.1) is 11.3 Å². The molecule has 1 amide bonds. The zero-order chi connectivity index (χ0) is 12.6. The van der Waals surface area contributed by atoms with E-state index >= 15 is 0 Å². The molecule has 0 aromatic carbocycles. The van der Waals surface area contributed by atoms with Crippen LogP contribution in [0.15, 0.2) is 17.5 Å². The molecule has 0 aliphatic carbocycles. The van der Waals surface area contributed by atoms with Gasteiger partial charge in [-0.05, 0) is 17.9 Å². The monoisotopic (exact) mass is 267 g/mol. The van der Waals surface area contributed by atoms with Crippen molar-refractivity contribution in [2.75, 3.05) is 33.4 Å². The highest BCUT2D eigenvalue weighted by molar-refractivity contribution is 7.12. The first kappa shape index (κ1) is 12.1. The smallest absolute Gasteiger partial charge is 0.264 e. The van der Waals surface area contributed by atoms with Crippen molar-refractivity contribution in [3.8, 4) is 0 Å². The SMILES string of the molecule is COC[C@H]1CCOC12CN(C(=O)c1cccs1)C2. The lowest BCUT2D eigenvalue weighted by Gasteiger charge is -2.49. The molecule has 98 valence electrons. The van der Waals surface area contributed by atoms with E-state index in [1.807, 2.05) is 22.4 Å². The van der Waals surface area contributed by atoms with Crippen molar-refractivity contribution in [3.05, 3.63) is 22.4 Å². The lowest BCUT2D eigenvalue weighted by atomic mass is 9.81. The molecule has 1 aromatic heterocycles. The maximum Gasteiger partial charge on any atom is 0.264 e. The van der Waals surface area contributed by atoms with Crippen molar-refractivity contribution in [2.24, 2.45) is 5.92 Å². The maximum absolute atomic E-state index is 12.1. The predicted molar refractivity (Wildman–Crippen MR) is 68.9 cm³/mol. The first-order valence-electron chi connectivity index (χ1n) is 6.21. The third kappa shape index (κ3) is 1.86. The van der Waals surface area contributed by atoms with E-state index in [1.54, 1.807) is 7.11 Å². The Labute approximate surface area is 110 Å². The molecule has 1 atom stereocenters. The summed E-state index contributed by atoms with van der Waals surface area (Å²) < 4.78 is 11.1. The summed E-state index contributed by atoms with van der Waals surface area (Å²) in [5, 5.41) is 1.93.